The van der Waals surface area contributed by atoms with Gasteiger partial charge in [0, 0.05) is 51.3 Å². The van der Waals surface area contributed by atoms with E-state index in [9.17, 15) is 9.18 Å². The highest BCUT2D eigenvalue weighted by atomic mass is 35.5. The summed E-state index contributed by atoms with van der Waals surface area (Å²) in [6, 6.07) is 30.8. The van der Waals surface area contributed by atoms with Crippen molar-refractivity contribution in [3.05, 3.63) is 143 Å². The Bertz CT molecular complexity index is 2040. The molecule has 2 heterocycles. The van der Waals surface area contributed by atoms with E-state index in [1.54, 1.807) is 66.9 Å². The van der Waals surface area contributed by atoms with Gasteiger partial charge in [-0.2, -0.15) is 5.26 Å². The molecule has 1 aliphatic rings. The number of aromatic nitrogens is 1. The average molecular weight is 765 g/mol. The van der Waals surface area contributed by atoms with E-state index in [0.717, 1.165) is 31.6 Å². The van der Waals surface area contributed by atoms with Crippen LogP contribution in [0.1, 0.15) is 27.8 Å². The summed E-state index contributed by atoms with van der Waals surface area (Å²) in [4.78, 5) is 21.7. The lowest BCUT2D eigenvalue weighted by molar-refractivity contribution is -0.127. The molecule has 0 saturated carbocycles. The first-order valence-electron chi connectivity index (χ1n) is 17.6. The van der Waals surface area contributed by atoms with E-state index in [1.807, 2.05) is 17.0 Å². The van der Waals surface area contributed by atoms with Gasteiger partial charge >= 0.3 is 0 Å². The molecule has 1 aliphatic heterocycles. The number of carbonyl (C=O) groups is 1. The van der Waals surface area contributed by atoms with Gasteiger partial charge in [-0.3, -0.25) is 9.69 Å². The van der Waals surface area contributed by atoms with Gasteiger partial charge in [-0.25, -0.2) is 9.37 Å². The van der Waals surface area contributed by atoms with Crippen LogP contribution in [-0.2, 0) is 24.4 Å². The zero-order valence-electron chi connectivity index (χ0n) is 30.7. The Labute approximate surface area is 326 Å². The average Bonchev–Trinajstić information content (AvgIpc) is 3.21. The zero-order valence-corrected chi connectivity index (χ0v) is 31.5. The van der Waals surface area contributed by atoms with Gasteiger partial charge in [-0.1, -0.05) is 36.4 Å². The number of benzene rings is 4. The number of carbonyl (C=O) groups excluding carboxylic acids is 1. The fraction of sp³-hybridized carbons (Fsp3) is 0.233. The summed E-state index contributed by atoms with van der Waals surface area (Å²) in [5.41, 5.74) is 4.63. The molecule has 0 spiro atoms. The third kappa shape index (κ3) is 11.5. The number of nitrogens with zero attached hydrogens (tertiary/aromatic N) is 4. The van der Waals surface area contributed by atoms with E-state index in [0.29, 0.717) is 72.1 Å². The van der Waals surface area contributed by atoms with Crippen LogP contribution in [0.4, 0.5) is 4.39 Å². The van der Waals surface area contributed by atoms with Crippen LogP contribution in [0.5, 0.6) is 34.6 Å². The van der Waals surface area contributed by atoms with Crippen LogP contribution in [-0.4, -0.2) is 67.7 Å². The van der Waals surface area contributed by atoms with Gasteiger partial charge < -0.3 is 28.6 Å². The normalized spacial score (nSPS) is 12.7. The lowest BCUT2D eigenvalue weighted by Gasteiger charge is -2.34. The lowest BCUT2D eigenvalue weighted by atomic mass is 10.1. The molecule has 55 heavy (non-hydrogen) atoms. The standard InChI is InChI=1S/C43H41FN4O6.ClH/c1-50-39-25-35(26-40(51-2)43(39)54-41-17-16-38(28-46-41)53-30-34-9-5-32(27-45)6-10-34)11-18-42(49)48-22-20-47(21-23-48)29-33-7-3-31(4-8-33)19-24-52-37-14-12-36(44)13-15-37;/h3-18,25-26,28H,19-24,29-30H2,1-2H3;1H/b18-11+;. The van der Waals surface area contributed by atoms with E-state index < -0.39 is 0 Å². The van der Waals surface area contributed by atoms with Crippen molar-refractivity contribution >= 4 is 24.4 Å². The maximum atomic E-state index is 13.1. The first kappa shape index (κ1) is 40.1. The minimum atomic E-state index is -0.278. The van der Waals surface area contributed by atoms with Crippen molar-refractivity contribution in [3.8, 4) is 40.7 Å². The van der Waals surface area contributed by atoms with E-state index in [1.165, 1.54) is 37.5 Å². The predicted molar refractivity (Wildman–Crippen MR) is 210 cm³/mol. The molecule has 1 fully saturated rings. The summed E-state index contributed by atoms with van der Waals surface area (Å²) in [6.45, 7) is 4.48. The van der Waals surface area contributed by atoms with Crippen molar-refractivity contribution in [2.45, 2.75) is 19.6 Å². The first-order valence-corrected chi connectivity index (χ1v) is 17.6. The molecule has 0 unspecified atom stereocenters. The smallest absolute Gasteiger partial charge is 0.246 e. The second-order valence-corrected chi connectivity index (χ2v) is 12.6. The molecular weight excluding hydrogens is 723 g/mol. The number of nitriles is 1. The summed E-state index contributed by atoms with van der Waals surface area (Å²) in [7, 11) is 3.07. The molecule has 5 aromatic rings. The summed E-state index contributed by atoms with van der Waals surface area (Å²) < 4.78 is 41.9. The Hall–Kier alpha value is -6.09. The fourth-order valence-corrected chi connectivity index (χ4v) is 5.84. The number of amides is 1. The van der Waals surface area contributed by atoms with Crippen molar-refractivity contribution in [2.75, 3.05) is 47.0 Å². The minimum Gasteiger partial charge on any atom is -0.493 e. The Kier molecular flexibility index (Phi) is 14.5. The summed E-state index contributed by atoms with van der Waals surface area (Å²) in [5, 5.41) is 8.97. The number of halogens is 2. The highest BCUT2D eigenvalue weighted by Crippen LogP contribution is 2.41. The second-order valence-electron chi connectivity index (χ2n) is 12.6. The van der Waals surface area contributed by atoms with Gasteiger partial charge in [-0.15, -0.1) is 12.4 Å². The van der Waals surface area contributed by atoms with Crippen molar-refractivity contribution in [1.82, 2.24) is 14.8 Å². The minimum absolute atomic E-state index is 0. The number of rotatable bonds is 15. The van der Waals surface area contributed by atoms with Gasteiger partial charge in [0.05, 0.1) is 38.7 Å². The van der Waals surface area contributed by atoms with Crippen molar-refractivity contribution in [1.29, 1.82) is 5.26 Å². The van der Waals surface area contributed by atoms with Crippen LogP contribution < -0.4 is 23.7 Å². The van der Waals surface area contributed by atoms with Gasteiger partial charge in [0.15, 0.2) is 11.5 Å². The molecule has 12 heteroatoms. The van der Waals surface area contributed by atoms with Crippen LogP contribution >= 0.6 is 12.4 Å². The molecular formula is C43H42ClFN4O6. The molecule has 0 atom stereocenters. The maximum absolute atomic E-state index is 13.1. The molecule has 0 N–H and O–H groups in total. The lowest BCUT2D eigenvalue weighted by Crippen LogP contribution is -2.47. The highest BCUT2D eigenvalue weighted by molar-refractivity contribution is 5.92. The number of methoxy groups -OCH3 is 2. The van der Waals surface area contributed by atoms with Crippen LogP contribution in [0.15, 0.2) is 109 Å². The second kappa shape index (κ2) is 19.8. The van der Waals surface area contributed by atoms with Gasteiger partial charge in [0.2, 0.25) is 17.5 Å². The van der Waals surface area contributed by atoms with E-state index in [-0.39, 0.29) is 24.1 Å². The Morgan fingerprint density at radius 1 is 0.818 bits per heavy atom. The monoisotopic (exact) mass is 764 g/mol. The van der Waals surface area contributed by atoms with E-state index >= 15 is 0 Å². The van der Waals surface area contributed by atoms with Gasteiger partial charge in [0.1, 0.15) is 23.9 Å². The molecule has 10 nitrogen and oxygen atoms in total. The first-order chi connectivity index (χ1) is 26.4. The number of hydrogen-bond donors (Lipinski definition) is 0. The quantitative estimate of drug-likeness (QED) is 0.0985. The van der Waals surface area contributed by atoms with E-state index in [2.05, 4.69) is 40.2 Å². The topological polar surface area (TPSA) is 106 Å². The third-order valence-electron chi connectivity index (χ3n) is 8.89. The molecule has 6 rings (SSSR count). The number of ether oxygens (including phenoxy) is 5. The fourth-order valence-electron chi connectivity index (χ4n) is 5.84. The van der Waals surface area contributed by atoms with E-state index in [4.69, 9.17) is 28.9 Å². The molecule has 1 amide bonds. The highest BCUT2D eigenvalue weighted by Gasteiger charge is 2.20. The summed E-state index contributed by atoms with van der Waals surface area (Å²) >= 11 is 0. The number of pyridine rings is 1. The summed E-state index contributed by atoms with van der Waals surface area (Å²) in [5.74, 6) is 2.38. The largest absolute Gasteiger partial charge is 0.493 e. The molecule has 0 radical (unpaired) electrons. The van der Waals surface area contributed by atoms with Gasteiger partial charge in [0.25, 0.3) is 0 Å². The maximum Gasteiger partial charge on any atom is 0.246 e. The Balaban J connectivity index is 0.00000580. The van der Waals surface area contributed by atoms with Crippen molar-refractivity contribution in [2.24, 2.45) is 0 Å². The molecule has 4 aromatic carbocycles. The molecule has 0 bridgehead atoms. The summed E-state index contributed by atoms with van der Waals surface area (Å²) in [6.07, 6.45) is 5.64. The van der Waals surface area contributed by atoms with Crippen LogP contribution in [0.25, 0.3) is 6.08 Å². The predicted octanol–water partition coefficient (Wildman–Crippen LogP) is 7.88. The Morgan fingerprint density at radius 2 is 1.45 bits per heavy atom. The van der Waals surface area contributed by atoms with Gasteiger partial charge in [-0.05, 0) is 82.9 Å². The van der Waals surface area contributed by atoms with Crippen LogP contribution in [0, 0.1) is 17.1 Å². The Morgan fingerprint density at radius 3 is 2.07 bits per heavy atom. The van der Waals surface area contributed by atoms with Crippen molar-refractivity contribution < 1.29 is 32.9 Å². The number of hydrogen-bond acceptors (Lipinski definition) is 9. The third-order valence-corrected chi connectivity index (χ3v) is 8.89. The van der Waals surface area contributed by atoms with Crippen molar-refractivity contribution in [3.63, 3.8) is 0 Å². The SMILES string of the molecule is COc1cc(/C=C/C(=O)N2CCN(Cc3ccc(CCOc4ccc(F)cc4)cc3)CC2)cc(OC)c1Oc1ccc(OCc2ccc(C#N)cc2)cn1.Cl. The van der Waals surface area contributed by atoms with Crippen LogP contribution in [0.3, 0.4) is 0 Å². The number of piperazine rings is 1. The van der Waals surface area contributed by atoms with Crippen LogP contribution in [0.2, 0.25) is 0 Å². The molecule has 0 aliphatic carbocycles. The molecule has 1 aromatic heterocycles. The zero-order chi connectivity index (χ0) is 37.7. The molecule has 284 valence electrons. The molecule has 1 saturated heterocycles.